The zero-order chi connectivity index (χ0) is 25.4. The third-order valence-corrected chi connectivity index (χ3v) is 7.87. The number of nitrogens with two attached hydrogens (primary N) is 1. The van der Waals surface area contributed by atoms with Crippen molar-refractivity contribution in [3.63, 3.8) is 0 Å². The van der Waals surface area contributed by atoms with E-state index in [4.69, 9.17) is 27.3 Å². The van der Waals surface area contributed by atoms with Crippen molar-refractivity contribution in [2.45, 2.75) is 52.7 Å². The van der Waals surface area contributed by atoms with Gasteiger partial charge in [-0.2, -0.15) is 5.26 Å². The van der Waals surface area contributed by atoms with Gasteiger partial charge in [-0.05, 0) is 37.4 Å². The van der Waals surface area contributed by atoms with Crippen molar-refractivity contribution in [1.82, 2.24) is 15.3 Å². The number of halogens is 1. The Bertz CT molecular complexity index is 1100. The molecule has 0 unspecified atom stereocenters. The summed E-state index contributed by atoms with van der Waals surface area (Å²) in [5.74, 6) is 1.61. The molecule has 8 nitrogen and oxygen atoms in total. The standard InChI is InChI=1S/C26H33ClN6O2/c1-25(2)22(26(3,4)23(25)35-19-6-5-17(13-29)20(27)11-19)32-21(34)18-14-30-24(31-15-18)33-9-7-16(12-28)8-10-33/h5-6,11,14-16,22-23H,7-10,12,28H2,1-4H3,(H,32,34). The van der Waals surface area contributed by atoms with E-state index in [9.17, 15) is 4.79 Å². The molecule has 2 fully saturated rings. The Morgan fingerprint density at radius 2 is 1.86 bits per heavy atom. The number of rotatable bonds is 6. The van der Waals surface area contributed by atoms with E-state index in [2.05, 4.69) is 53.9 Å². The summed E-state index contributed by atoms with van der Waals surface area (Å²) < 4.78 is 6.29. The van der Waals surface area contributed by atoms with Crippen LogP contribution in [0.25, 0.3) is 0 Å². The van der Waals surface area contributed by atoms with Gasteiger partial charge in [0.25, 0.3) is 5.91 Å². The molecule has 9 heteroatoms. The average Bonchev–Trinajstić information content (AvgIpc) is 2.85. The topological polar surface area (TPSA) is 117 Å². The van der Waals surface area contributed by atoms with Gasteiger partial charge < -0.3 is 20.7 Å². The lowest BCUT2D eigenvalue weighted by Crippen LogP contribution is -2.74. The summed E-state index contributed by atoms with van der Waals surface area (Å²) in [4.78, 5) is 24.1. The minimum absolute atomic E-state index is 0.128. The maximum absolute atomic E-state index is 13.1. The molecule has 1 aliphatic heterocycles. The molecule has 1 aliphatic carbocycles. The Kier molecular flexibility index (Phi) is 6.94. The normalized spacial score (nSPS) is 23.2. The first-order chi connectivity index (χ1) is 16.6. The number of nitrogens with zero attached hydrogens (tertiary/aromatic N) is 4. The highest BCUT2D eigenvalue weighted by Gasteiger charge is 2.64. The summed E-state index contributed by atoms with van der Waals surface area (Å²) in [5.41, 5.74) is 5.94. The van der Waals surface area contributed by atoms with Crippen molar-refractivity contribution >= 4 is 23.5 Å². The molecule has 1 saturated heterocycles. The van der Waals surface area contributed by atoms with E-state index in [1.54, 1.807) is 30.6 Å². The minimum atomic E-state index is -0.340. The second kappa shape index (κ2) is 9.63. The molecule has 1 amide bonds. The number of aromatic nitrogens is 2. The van der Waals surface area contributed by atoms with Crippen molar-refractivity contribution in [2.75, 3.05) is 24.5 Å². The number of anilines is 1. The molecule has 0 spiro atoms. The molecule has 1 aromatic heterocycles. The van der Waals surface area contributed by atoms with Crippen LogP contribution in [0.2, 0.25) is 5.02 Å². The lowest BCUT2D eigenvalue weighted by Gasteiger charge is -2.63. The van der Waals surface area contributed by atoms with Gasteiger partial charge in [0.05, 0.1) is 16.1 Å². The zero-order valence-electron chi connectivity index (χ0n) is 20.7. The van der Waals surface area contributed by atoms with Gasteiger partial charge in [-0.25, -0.2) is 9.97 Å². The second-order valence-electron chi connectivity index (χ2n) is 10.7. The second-order valence-corrected chi connectivity index (χ2v) is 11.1. The van der Waals surface area contributed by atoms with Crippen molar-refractivity contribution in [3.05, 3.63) is 46.7 Å². The van der Waals surface area contributed by atoms with Gasteiger partial charge in [0.2, 0.25) is 5.95 Å². The van der Waals surface area contributed by atoms with Crippen molar-refractivity contribution in [3.8, 4) is 11.8 Å². The summed E-state index contributed by atoms with van der Waals surface area (Å²) in [5, 5.41) is 12.6. The molecule has 4 rings (SSSR count). The first-order valence-electron chi connectivity index (χ1n) is 12.0. The number of nitriles is 1. The number of carbonyl (C=O) groups excluding carboxylic acids is 1. The van der Waals surface area contributed by atoms with Gasteiger partial charge in [0.15, 0.2) is 0 Å². The van der Waals surface area contributed by atoms with Crippen LogP contribution in [-0.4, -0.2) is 47.7 Å². The number of carbonyl (C=O) groups is 1. The van der Waals surface area contributed by atoms with E-state index in [-0.39, 0.29) is 28.9 Å². The molecule has 2 aromatic rings. The lowest BCUT2D eigenvalue weighted by atomic mass is 9.49. The van der Waals surface area contributed by atoms with Crippen LogP contribution in [-0.2, 0) is 0 Å². The van der Waals surface area contributed by atoms with Gasteiger partial charge in [0.1, 0.15) is 17.9 Å². The van der Waals surface area contributed by atoms with E-state index in [1.165, 1.54) is 0 Å². The van der Waals surface area contributed by atoms with Crippen LogP contribution < -0.4 is 20.7 Å². The molecule has 1 saturated carbocycles. The van der Waals surface area contributed by atoms with E-state index in [0.717, 1.165) is 32.5 Å². The van der Waals surface area contributed by atoms with E-state index in [0.29, 0.717) is 33.8 Å². The highest BCUT2D eigenvalue weighted by atomic mass is 35.5. The van der Waals surface area contributed by atoms with Gasteiger partial charge in [-0.15, -0.1) is 0 Å². The summed E-state index contributed by atoms with van der Waals surface area (Å²) in [6.45, 7) is 10.8. The monoisotopic (exact) mass is 496 g/mol. The number of piperidine rings is 1. The van der Waals surface area contributed by atoms with Crippen molar-refractivity contribution < 1.29 is 9.53 Å². The molecule has 1 aromatic carbocycles. The van der Waals surface area contributed by atoms with Crippen LogP contribution in [0, 0.1) is 28.1 Å². The van der Waals surface area contributed by atoms with Gasteiger partial charge in [0, 0.05) is 48.4 Å². The van der Waals surface area contributed by atoms with Crippen LogP contribution in [0.15, 0.2) is 30.6 Å². The molecule has 2 aliphatic rings. The largest absolute Gasteiger partial charge is 0.489 e. The molecule has 0 radical (unpaired) electrons. The summed E-state index contributed by atoms with van der Waals surface area (Å²) >= 11 is 6.18. The Labute approximate surface area is 211 Å². The zero-order valence-corrected chi connectivity index (χ0v) is 21.5. The first kappa shape index (κ1) is 25.2. The average molecular weight is 497 g/mol. The van der Waals surface area contributed by atoms with Crippen molar-refractivity contribution in [1.29, 1.82) is 5.26 Å². The summed E-state index contributed by atoms with van der Waals surface area (Å²) in [6, 6.07) is 6.99. The van der Waals surface area contributed by atoms with Crippen LogP contribution in [0.4, 0.5) is 5.95 Å². The quantitative estimate of drug-likeness (QED) is 0.624. The minimum Gasteiger partial charge on any atom is -0.489 e. The third kappa shape index (κ3) is 4.80. The number of hydrogen-bond donors (Lipinski definition) is 2. The fourth-order valence-corrected chi connectivity index (χ4v) is 5.99. The number of hydrogen-bond acceptors (Lipinski definition) is 7. The Hall–Kier alpha value is -2.89. The molecular weight excluding hydrogens is 464 g/mol. The number of nitrogens with one attached hydrogen (secondary N) is 1. The predicted molar refractivity (Wildman–Crippen MR) is 135 cm³/mol. The molecule has 35 heavy (non-hydrogen) atoms. The Morgan fingerprint density at radius 3 is 2.40 bits per heavy atom. The smallest absolute Gasteiger partial charge is 0.254 e. The number of amides is 1. The van der Waals surface area contributed by atoms with Crippen molar-refractivity contribution in [2.24, 2.45) is 22.5 Å². The molecular formula is C26H33ClN6O2. The maximum Gasteiger partial charge on any atom is 0.254 e. The Balaban J connectivity index is 1.40. The van der Waals surface area contributed by atoms with Gasteiger partial charge >= 0.3 is 0 Å². The summed E-state index contributed by atoms with van der Waals surface area (Å²) in [6.07, 6.45) is 5.09. The number of ether oxygens (including phenoxy) is 1. The SMILES string of the molecule is CC1(C)C(NC(=O)c2cnc(N3CCC(CN)CC3)nc2)C(C)(C)C1Oc1ccc(C#N)c(Cl)c1. The molecule has 0 bridgehead atoms. The highest BCUT2D eigenvalue weighted by molar-refractivity contribution is 6.31. The van der Waals surface area contributed by atoms with E-state index in [1.807, 2.05) is 0 Å². The van der Waals surface area contributed by atoms with Crippen LogP contribution in [0.1, 0.15) is 56.5 Å². The van der Waals surface area contributed by atoms with E-state index < -0.39 is 0 Å². The lowest BCUT2D eigenvalue weighted by molar-refractivity contribution is -0.164. The fraction of sp³-hybridized carbons (Fsp3) is 0.538. The van der Waals surface area contributed by atoms with Crippen LogP contribution in [0.5, 0.6) is 5.75 Å². The Morgan fingerprint density at radius 1 is 1.23 bits per heavy atom. The molecule has 3 N–H and O–H groups in total. The van der Waals surface area contributed by atoms with Crippen LogP contribution in [0.3, 0.4) is 0 Å². The number of benzene rings is 1. The van der Waals surface area contributed by atoms with E-state index >= 15 is 0 Å². The summed E-state index contributed by atoms with van der Waals surface area (Å²) in [7, 11) is 0. The third-order valence-electron chi connectivity index (χ3n) is 7.56. The van der Waals surface area contributed by atoms with Gasteiger partial charge in [-0.3, -0.25) is 4.79 Å². The fourth-order valence-electron chi connectivity index (χ4n) is 5.78. The predicted octanol–water partition coefficient (Wildman–Crippen LogP) is 3.79. The molecule has 186 valence electrons. The first-order valence-corrected chi connectivity index (χ1v) is 12.4. The molecule has 2 heterocycles. The van der Waals surface area contributed by atoms with Gasteiger partial charge in [-0.1, -0.05) is 39.3 Å². The highest BCUT2D eigenvalue weighted by Crippen LogP contribution is 2.55. The maximum atomic E-state index is 13.1. The van der Waals surface area contributed by atoms with Crippen LogP contribution >= 0.6 is 11.6 Å². The molecule has 0 atom stereocenters.